The first-order valence-corrected chi connectivity index (χ1v) is 7.63. The summed E-state index contributed by atoms with van der Waals surface area (Å²) < 4.78 is 0. The van der Waals surface area contributed by atoms with Gasteiger partial charge in [-0.25, -0.2) is 4.98 Å². The maximum Gasteiger partial charge on any atom is 0.147 e. The molecule has 0 saturated heterocycles. The summed E-state index contributed by atoms with van der Waals surface area (Å²) in [5.41, 5.74) is 1.03. The van der Waals surface area contributed by atoms with Crippen molar-refractivity contribution in [3.63, 3.8) is 0 Å². The minimum absolute atomic E-state index is 0.717. The number of hydrogen-bond acceptors (Lipinski definition) is 5. The van der Waals surface area contributed by atoms with Crippen molar-refractivity contribution in [2.24, 2.45) is 0 Å². The first-order chi connectivity index (χ1) is 9.69. The molecule has 1 aromatic heterocycles. The fourth-order valence-corrected chi connectivity index (χ4v) is 2.15. The Bertz CT molecular complexity index is 386. The highest BCUT2D eigenvalue weighted by atomic mass is 15.2. The summed E-state index contributed by atoms with van der Waals surface area (Å²) in [6.45, 7) is 6.11. The predicted octanol–water partition coefficient (Wildman–Crippen LogP) is 1.51. The van der Waals surface area contributed by atoms with Gasteiger partial charge in [-0.1, -0.05) is 0 Å². The zero-order valence-electron chi connectivity index (χ0n) is 13.0. The lowest BCUT2D eigenvalue weighted by atomic mass is 10.3. The molecule has 1 aromatic rings. The molecule has 1 N–H and O–H groups in total. The third-order valence-electron chi connectivity index (χ3n) is 3.58. The van der Waals surface area contributed by atoms with Gasteiger partial charge in [0, 0.05) is 25.7 Å². The van der Waals surface area contributed by atoms with Crippen LogP contribution in [0.5, 0.6) is 0 Å². The second kappa shape index (κ2) is 7.55. The molecule has 1 aliphatic rings. The van der Waals surface area contributed by atoms with E-state index in [9.17, 15) is 0 Å². The van der Waals surface area contributed by atoms with E-state index in [0.29, 0.717) is 0 Å². The van der Waals surface area contributed by atoms with E-state index in [1.54, 1.807) is 0 Å². The van der Waals surface area contributed by atoms with Crippen LogP contribution in [0, 0.1) is 0 Å². The van der Waals surface area contributed by atoms with Gasteiger partial charge in [-0.15, -0.1) is 0 Å². The van der Waals surface area contributed by atoms with Crippen molar-refractivity contribution in [3.8, 4) is 0 Å². The van der Waals surface area contributed by atoms with Gasteiger partial charge in [-0.2, -0.15) is 0 Å². The third kappa shape index (κ3) is 5.06. The van der Waals surface area contributed by atoms with Crippen LogP contribution in [0.15, 0.2) is 12.4 Å². The lowest BCUT2D eigenvalue weighted by molar-refractivity contribution is 0.400. The Kier molecular flexibility index (Phi) is 5.73. The molecule has 0 radical (unpaired) electrons. The second-order valence-corrected chi connectivity index (χ2v) is 5.76. The minimum Gasteiger partial charge on any atom is -0.356 e. The summed E-state index contributed by atoms with van der Waals surface area (Å²) >= 11 is 0. The summed E-state index contributed by atoms with van der Waals surface area (Å²) in [4.78, 5) is 13.6. The van der Waals surface area contributed by atoms with Crippen LogP contribution >= 0.6 is 0 Å². The summed E-state index contributed by atoms with van der Waals surface area (Å²) in [7, 11) is 4.22. The van der Waals surface area contributed by atoms with Crippen LogP contribution in [-0.4, -0.2) is 54.6 Å². The van der Waals surface area contributed by atoms with E-state index in [-0.39, 0.29) is 0 Å². The molecular formula is C15H27N5. The molecule has 2 rings (SSSR count). The highest BCUT2D eigenvalue weighted by Gasteiger charge is 2.20. The normalized spacial score (nSPS) is 14.8. The molecule has 5 heteroatoms. The number of aromatic nitrogens is 2. The van der Waals surface area contributed by atoms with Crippen molar-refractivity contribution in [3.05, 3.63) is 18.1 Å². The molecule has 0 amide bonds. The highest BCUT2D eigenvalue weighted by Crippen LogP contribution is 2.19. The van der Waals surface area contributed by atoms with Gasteiger partial charge in [-0.3, -0.25) is 4.98 Å². The Hall–Kier alpha value is -1.20. The van der Waals surface area contributed by atoms with Gasteiger partial charge in [0.05, 0.1) is 18.1 Å². The topological polar surface area (TPSA) is 44.3 Å². The van der Waals surface area contributed by atoms with Crippen molar-refractivity contribution in [1.82, 2.24) is 20.2 Å². The number of anilines is 1. The molecular weight excluding hydrogens is 250 g/mol. The molecule has 0 atom stereocenters. The van der Waals surface area contributed by atoms with Crippen molar-refractivity contribution in [1.29, 1.82) is 0 Å². The van der Waals surface area contributed by atoms with Crippen LogP contribution in [0.1, 0.15) is 31.9 Å². The van der Waals surface area contributed by atoms with E-state index in [1.165, 1.54) is 12.8 Å². The summed E-state index contributed by atoms with van der Waals surface area (Å²) in [5.74, 6) is 0.987. The van der Waals surface area contributed by atoms with E-state index < -0.39 is 0 Å². The van der Waals surface area contributed by atoms with Crippen LogP contribution in [0.4, 0.5) is 5.82 Å². The Balaban J connectivity index is 1.81. The van der Waals surface area contributed by atoms with Gasteiger partial charge < -0.3 is 15.1 Å². The average Bonchev–Trinajstić information content (AvgIpc) is 3.26. The molecule has 0 aromatic carbocycles. The van der Waals surface area contributed by atoms with E-state index >= 15 is 0 Å². The Morgan fingerprint density at radius 1 is 1.20 bits per heavy atom. The lowest BCUT2D eigenvalue weighted by Crippen LogP contribution is -2.28. The molecule has 0 aliphatic heterocycles. The molecule has 0 unspecified atom stereocenters. The maximum atomic E-state index is 4.56. The fourth-order valence-electron chi connectivity index (χ4n) is 2.15. The quantitative estimate of drug-likeness (QED) is 0.741. The maximum absolute atomic E-state index is 4.56. The van der Waals surface area contributed by atoms with Gasteiger partial charge in [0.2, 0.25) is 0 Å². The van der Waals surface area contributed by atoms with Crippen molar-refractivity contribution < 1.29 is 0 Å². The zero-order chi connectivity index (χ0) is 14.4. The van der Waals surface area contributed by atoms with E-state index in [0.717, 1.165) is 50.2 Å². The van der Waals surface area contributed by atoms with Crippen LogP contribution in [0.2, 0.25) is 0 Å². The van der Waals surface area contributed by atoms with Crippen LogP contribution in [-0.2, 0) is 6.54 Å². The largest absolute Gasteiger partial charge is 0.356 e. The molecule has 1 heterocycles. The Morgan fingerprint density at radius 3 is 2.55 bits per heavy atom. The molecule has 112 valence electrons. The highest BCUT2D eigenvalue weighted by molar-refractivity contribution is 5.35. The van der Waals surface area contributed by atoms with Crippen LogP contribution in [0.25, 0.3) is 0 Å². The molecule has 1 fully saturated rings. The monoisotopic (exact) mass is 277 g/mol. The number of nitrogens with zero attached hydrogens (tertiary/aromatic N) is 4. The summed E-state index contributed by atoms with van der Waals surface area (Å²) in [6.07, 6.45) is 7.57. The molecule has 20 heavy (non-hydrogen) atoms. The minimum atomic E-state index is 0.717. The van der Waals surface area contributed by atoms with Gasteiger partial charge in [-0.05, 0) is 46.8 Å². The number of hydrogen-bond donors (Lipinski definition) is 1. The number of rotatable bonds is 9. The van der Waals surface area contributed by atoms with Crippen LogP contribution in [0.3, 0.4) is 0 Å². The zero-order valence-corrected chi connectivity index (χ0v) is 13.0. The molecule has 1 aliphatic carbocycles. The van der Waals surface area contributed by atoms with Crippen molar-refractivity contribution in [2.75, 3.05) is 38.6 Å². The first kappa shape index (κ1) is 15.2. The fraction of sp³-hybridized carbons (Fsp3) is 0.733. The van der Waals surface area contributed by atoms with E-state index in [1.807, 2.05) is 12.4 Å². The van der Waals surface area contributed by atoms with Gasteiger partial charge in [0.1, 0.15) is 5.82 Å². The SMILES string of the molecule is CCN(CCCN(C)C)c1cnc(CNC2CC2)cn1. The standard InChI is InChI=1S/C15H27N5/c1-4-20(9-5-8-19(2)3)15-12-17-14(11-18-15)10-16-13-6-7-13/h11-13,16H,4-10H2,1-3H3. The second-order valence-electron chi connectivity index (χ2n) is 5.76. The first-order valence-electron chi connectivity index (χ1n) is 7.63. The smallest absolute Gasteiger partial charge is 0.147 e. The van der Waals surface area contributed by atoms with Crippen LogP contribution < -0.4 is 10.2 Å². The van der Waals surface area contributed by atoms with Gasteiger partial charge >= 0.3 is 0 Å². The molecule has 0 spiro atoms. The van der Waals surface area contributed by atoms with Gasteiger partial charge in [0.25, 0.3) is 0 Å². The van der Waals surface area contributed by atoms with Crippen molar-refractivity contribution in [2.45, 2.75) is 38.8 Å². The van der Waals surface area contributed by atoms with E-state index in [4.69, 9.17) is 0 Å². The van der Waals surface area contributed by atoms with E-state index in [2.05, 4.69) is 46.1 Å². The van der Waals surface area contributed by atoms with Gasteiger partial charge in [0.15, 0.2) is 0 Å². The summed E-state index contributed by atoms with van der Waals surface area (Å²) in [6, 6.07) is 0.717. The Morgan fingerprint density at radius 2 is 2.00 bits per heavy atom. The predicted molar refractivity (Wildman–Crippen MR) is 83.0 cm³/mol. The molecule has 0 bridgehead atoms. The Labute approximate surface area is 122 Å². The third-order valence-corrected chi connectivity index (χ3v) is 3.58. The number of nitrogens with one attached hydrogen (secondary N) is 1. The molecule has 1 saturated carbocycles. The lowest BCUT2D eigenvalue weighted by Gasteiger charge is -2.22. The molecule has 5 nitrogen and oxygen atoms in total. The average molecular weight is 277 g/mol. The summed E-state index contributed by atoms with van der Waals surface area (Å²) in [5, 5.41) is 3.46. The van der Waals surface area contributed by atoms with Crippen molar-refractivity contribution >= 4 is 5.82 Å².